The van der Waals surface area contributed by atoms with Gasteiger partial charge in [-0.2, -0.15) is 0 Å². The third-order valence-corrected chi connectivity index (χ3v) is 5.68. The fourth-order valence-corrected chi connectivity index (χ4v) is 4.06. The fourth-order valence-electron chi connectivity index (χ4n) is 4.06. The number of hydrogen-bond donors (Lipinski definition) is 1. The zero-order valence-corrected chi connectivity index (χ0v) is 17.6. The Morgan fingerprint density at radius 3 is 2.67 bits per heavy atom. The van der Waals surface area contributed by atoms with Gasteiger partial charge in [0.25, 0.3) is 0 Å². The summed E-state index contributed by atoms with van der Waals surface area (Å²) in [7, 11) is 0. The molecule has 5 rings (SSSR count). The number of rotatable bonds is 6. The molecule has 8 nitrogen and oxygen atoms in total. The van der Waals surface area contributed by atoms with Crippen molar-refractivity contribution in [3.63, 3.8) is 0 Å². The third kappa shape index (κ3) is 4.30. The summed E-state index contributed by atoms with van der Waals surface area (Å²) in [5, 5.41) is 15.4. The highest BCUT2D eigenvalue weighted by Crippen LogP contribution is 2.37. The molecule has 0 spiro atoms. The molecule has 1 aliphatic carbocycles. The summed E-state index contributed by atoms with van der Waals surface area (Å²) < 4.78 is 20.1. The van der Waals surface area contributed by atoms with E-state index in [4.69, 9.17) is 4.74 Å². The minimum absolute atomic E-state index is 0.0193. The van der Waals surface area contributed by atoms with E-state index in [0.717, 1.165) is 25.7 Å². The SMILES string of the molecule is O=[N+]([O-])c1cc2c(Nc3ccnc(-c4ccccc4F)c3)ncnc2cc1OC1CCCC1. The Morgan fingerprint density at radius 1 is 1.06 bits per heavy atom. The molecule has 4 aromatic rings. The molecular weight excluding hydrogens is 425 g/mol. The van der Waals surface area contributed by atoms with Gasteiger partial charge < -0.3 is 10.1 Å². The second-order valence-corrected chi connectivity index (χ2v) is 7.88. The monoisotopic (exact) mass is 445 g/mol. The second-order valence-electron chi connectivity index (χ2n) is 7.88. The zero-order chi connectivity index (χ0) is 22.8. The third-order valence-electron chi connectivity index (χ3n) is 5.68. The molecule has 1 N–H and O–H groups in total. The maximum Gasteiger partial charge on any atom is 0.311 e. The molecule has 0 aliphatic heterocycles. The van der Waals surface area contributed by atoms with E-state index < -0.39 is 4.92 Å². The molecule has 2 aromatic heterocycles. The zero-order valence-electron chi connectivity index (χ0n) is 17.6. The van der Waals surface area contributed by atoms with E-state index >= 15 is 0 Å². The van der Waals surface area contributed by atoms with E-state index in [2.05, 4.69) is 20.3 Å². The number of ether oxygens (including phenoxy) is 1. The highest BCUT2D eigenvalue weighted by atomic mass is 19.1. The lowest BCUT2D eigenvalue weighted by atomic mass is 10.1. The summed E-state index contributed by atoms with van der Waals surface area (Å²) in [4.78, 5) is 24.1. The Bertz CT molecular complexity index is 1340. The first-order chi connectivity index (χ1) is 16.1. The topological polar surface area (TPSA) is 103 Å². The maximum absolute atomic E-state index is 14.2. The number of aromatic nitrogens is 3. The summed E-state index contributed by atoms with van der Waals surface area (Å²) >= 11 is 0. The first kappa shape index (κ1) is 20.7. The van der Waals surface area contributed by atoms with Crippen LogP contribution in [0.4, 0.5) is 21.6 Å². The van der Waals surface area contributed by atoms with Crippen LogP contribution in [0, 0.1) is 15.9 Å². The van der Waals surface area contributed by atoms with Crippen LogP contribution in [0.2, 0.25) is 0 Å². The number of nitro benzene ring substituents is 1. The van der Waals surface area contributed by atoms with Gasteiger partial charge in [0.05, 0.1) is 27.6 Å². The van der Waals surface area contributed by atoms with Gasteiger partial charge in [0.2, 0.25) is 0 Å². The van der Waals surface area contributed by atoms with Crippen LogP contribution in [0.5, 0.6) is 5.75 Å². The number of fused-ring (bicyclic) bond motifs is 1. The van der Waals surface area contributed by atoms with Crippen LogP contribution >= 0.6 is 0 Å². The van der Waals surface area contributed by atoms with Crippen molar-refractivity contribution < 1.29 is 14.1 Å². The quantitative estimate of drug-likeness (QED) is 0.295. The Labute approximate surface area is 188 Å². The number of nitro groups is 1. The molecule has 166 valence electrons. The van der Waals surface area contributed by atoms with Gasteiger partial charge in [0.1, 0.15) is 18.0 Å². The number of nitrogens with zero attached hydrogens (tertiary/aromatic N) is 4. The van der Waals surface area contributed by atoms with Gasteiger partial charge in [-0.05, 0) is 49.9 Å². The lowest BCUT2D eigenvalue weighted by Crippen LogP contribution is -2.12. The van der Waals surface area contributed by atoms with Gasteiger partial charge in [0.15, 0.2) is 5.75 Å². The molecule has 33 heavy (non-hydrogen) atoms. The molecule has 0 amide bonds. The Hall–Kier alpha value is -4.14. The minimum Gasteiger partial charge on any atom is -0.483 e. The minimum atomic E-state index is -0.455. The number of hydrogen-bond acceptors (Lipinski definition) is 7. The molecule has 0 bridgehead atoms. The van der Waals surface area contributed by atoms with E-state index in [9.17, 15) is 14.5 Å². The van der Waals surface area contributed by atoms with Crippen molar-refractivity contribution in [3.8, 4) is 17.0 Å². The van der Waals surface area contributed by atoms with Crippen molar-refractivity contribution in [3.05, 3.63) is 77.0 Å². The first-order valence-electron chi connectivity index (χ1n) is 10.7. The van der Waals surface area contributed by atoms with Gasteiger partial charge in [-0.3, -0.25) is 15.1 Å². The lowest BCUT2D eigenvalue weighted by molar-refractivity contribution is -0.385. The Morgan fingerprint density at radius 2 is 1.88 bits per heavy atom. The van der Waals surface area contributed by atoms with Crippen LogP contribution in [0.15, 0.2) is 61.1 Å². The molecule has 2 heterocycles. The van der Waals surface area contributed by atoms with Crippen molar-refractivity contribution in [2.75, 3.05) is 5.32 Å². The highest BCUT2D eigenvalue weighted by molar-refractivity contribution is 5.94. The van der Waals surface area contributed by atoms with Crippen LogP contribution in [0.3, 0.4) is 0 Å². The van der Waals surface area contributed by atoms with Crippen LogP contribution in [-0.4, -0.2) is 26.0 Å². The lowest BCUT2D eigenvalue weighted by Gasteiger charge is -2.14. The number of anilines is 2. The summed E-state index contributed by atoms with van der Waals surface area (Å²) in [5.41, 5.74) is 1.83. The van der Waals surface area contributed by atoms with E-state index in [1.54, 1.807) is 42.6 Å². The van der Waals surface area contributed by atoms with Crippen molar-refractivity contribution in [2.45, 2.75) is 31.8 Å². The average Bonchev–Trinajstić information content (AvgIpc) is 3.32. The smallest absolute Gasteiger partial charge is 0.311 e. The van der Waals surface area contributed by atoms with Gasteiger partial charge in [-0.1, -0.05) is 12.1 Å². The van der Waals surface area contributed by atoms with Gasteiger partial charge in [-0.15, -0.1) is 0 Å². The van der Waals surface area contributed by atoms with Crippen LogP contribution in [0.25, 0.3) is 22.2 Å². The number of nitrogens with one attached hydrogen (secondary N) is 1. The summed E-state index contributed by atoms with van der Waals surface area (Å²) in [6.45, 7) is 0. The van der Waals surface area contributed by atoms with E-state index in [1.807, 2.05) is 0 Å². The maximum atomic E-state index is 14.2. The molecule has 2 aromatic carbocycles. The van der Waals surface area contributed by atoms with E-state index in [0.29, 0.717) is 33.7 Å². The van der Waals surface area contributed by atoms with Crippen molar-refractivity contribution in [2.24, 2.45) is 0 Å². The number of benzene rings is 2. The van der Waals surface area contributed by atoms with Gasteiger partial charge in [-0.25, -0.2) is 14.4 Å². The average molecular weight is 445 g/mol. The Balaban J connectivity index is 1.51. The van der Waals surface area contributed by atoms with E-state index in [1.165, 1.54) is 18.5 Å². The van der Waals surface area contributed by atoms with Crippen molar-refractivity contribution >= 4 is 28.1 Å². The summed E-state index contributed by atoms with van der Waals surface area (Å²) in [6, 6.07) is 12.8. The first-order valence-corrected chi connectivity index (χ1v) is 10.7. The molecular formula is C24H20FN5O3. The van der Waals surface area contributed by atoms with Crippen molar-refractivity contribution in [1.29, 1.82) is 0 Å². The largest absolute Gasteiger partial charge is 0.483 e. The number of pyridine rings is 1. The van der Waals surface area contributed by atoms with Crippen LogP contribution < -0.4 is 10.1 Å². The fraction of sp³-hybridized carbons (Fsp3) is 0.208. The molecule has 1 saturated carbocycles. The van der Waals surface area contributed by atoms with Gasteiger partial charge >= 0.3 is 5.69 Å². The van der Waals surface area contributed by atoms with Crippen LogP contribution in [-0.2, 0) is 0 Å². The second kappa shape index (κ2) is 8.78. The van der Waals surface area contributed by atoms with Gasteiger partial charge in [0, 0.05) is 29.6 Å². The standard InChI is InChI=1S/C24H20FN5O3/c25-19-8-4-3-7-17(19)20-11-15(9-10-26-20)29-24-18-12-22(30(31)32)23(13-21(18)27-14-28-24)33-16-5-1-2-6-16/h3-4,7-14,16H,1-2,5-6H2,(H,26,27,28,29). The molecule has 9 heteroatoms. The molecule has 0 unspecified atom stereocenters. The molecule has 0 atom stereocenters. The molecule has 0 saturated heterocycles. The highest BCUT2D eigenvalue weighted by Gasteiger charge is 2.24. The predicted octanol–water partition coefficient (Wildman–Crippen LogP) is 5.80. The molecule has 0 radical (unpaired) electrons. The molecule has 1 aliphatic rings. The van der Waals surface area contributed by atoms with Crippen LogP contribution in [0.1, 0.15) is 25.7 Å². The molecule has 1 fully saturated rings. The predicted molar refractivity (Wildman–Crippen MR) is 122 cm³/mol. The van der Waals surface area contributed by atoms with E-state index in [-0.39, 0.29) is 23.4 Å². The Kier molecular flexibility index (Phi) is 5.52. The normalized spacial score (nSPS) is 13.8. The van der Waals surface area contributed by atoms with Crippen molar-refractivity contribution in [1.82, 2.24) is 15.0 Å². The summed E-state index contributed by atoms with van der Waals surface area (Å²) in [5.74, 6) is 0.232. The summed E-state index contributed by atoms with van der Waals surface area (Å²) in [6.07, 6.45) is 6.81. The number of halogens is 1.